The maximum atomic E-state index is 11.6. The van der Waals surface area contributed by atoms with Crippen LogP contribution in [0.25, 0.3) is 0 Å². The molecule has 0 radical (unpaired) electrons. The molecule has 1 N–H and O–H groups in total. The van der Waals surface area contributed by atoms with Crippen molar-refractivity contribution in [1.29, 1.82) is 0 Å². The van der Waals surface area contributed by atoms with Crippen LogP contribution < -0.4 is 5.32 Å². The number of sulfone groups is 1. The average Bonchev–Trinajstić information content (AvgIpc) is 2.72. The molecule has 0 saturated heterocycles. The van der Waals surface area contributed by atoms with Gasteiger partial charge in [-0.2, -0.15) is 5.10 Å². The Morgan fingerprint density at radius 3 is 2.61 bits per heavy atom. The Labute approximate surface area is 106 Å². The second kappa shape index (κ2) is 4.81. The molecular weight excluding hydrogens is 250 g/mol. The van der Waals surface area contributed by atoms with Crippen molar-refractivity contribution in [3.05, 3.63) is 42.2 Å². The number of aryl methyl sites for hydroxylation is 1. The molecule has 96 valence electrons. The van der Waals surface area contributed by atoms with Crippen LogP contribution in [0.1, 0.15) is 5.69 Å². The Kier molecular flexibility index (Phi) is 3.38. The van der Waals surface area contributed by atoms with Crippen LogP contribution >= 0.6 is 0 Å². The summed E-state index contributed by atoms with van der Waals surface area (Å²) in [5, 5.41) is 7.32. The minimum Gasteiger partial charge on any atom is -0.378 e. The minimum atomic E-state index is -3.22. The first-order chi connectivity index (χ1) is 8.47. The van der Waals surface area contributed by atoms with Gasteiger partial charge < -0.3 is 5.32 Å². The fraction of sp³-hybridized carbons (Fsp3) is 0.250. The molecule has 0 bridgehead atoms. The summed E-state index contributed by atoms with van der Waals surface area (Å²) in [4.78, 5) is 0.306. The third-order valence-corrected chi connectivity index (χ3v) is 3.67. The van der Waals surface area contributed by atoms with Crippen LogP contribution in [-0.2, 0) is 23.4 Å². The number of hydrogen-bond donors (Lipinski definition) is 1. The zero-order valence-corrected chi connectivity index (χ0v) is 11.1. The molecule has 18 heavy (non-hydrogen) atoms. The molecule has 0 unspecified atom stereocenters. The van der Waals surface area contributed by atoms with Crippen molar-refractivity contribution in [2.24, 2.45) is 7.05 Å². The highest BCUT2D eigenvalue weighted by atomic mass is 32.2. The largest absolute Gasteiger partial charge is 0.378 e. The molecule has 0 aliphatic rings. The van der Waals surface area contributed by atoms with E-state index in [-0.39, 0.29) is 0 Å². The number of aromatic nitrogens is 2. The average molecular weight is 265 g/mol. The lowest BCUT2D eigenvalue weighted by atomic mass is 10.3. The van der Waals surface area contributed by atoms with Gasteiger partial charge in [0.25, 0.3) is 0 Å². The molecule has 1 aromatic heterocycles. The molecule has 5 nitrogen and oxygen atoms in total. The van der Waals surface area contributed by atoms with Crippen molar-refractivity contribution >= 4 is 15.5 Å². The van der Waals surface area contributed by atoms with Gasteiger partial charge in [-0.05, 0) is 18.2 Å². The highest BCUT2D eigenvalue weighted by Gasteiger charge is 2.12. The van der Waals surface area contributed by atoms with Crippen molar-refractivity contribution in [2.75, 3.05) is 11.6 Å². The molecular formula is C12H15N3O2S. The fourth-order valence-corrected chi connectivity index (χ4v) is 2.54. The van der Waals surface area contributed by atoms with Crippen LogP contribution in [0, 0.1) is 0 Å². The van der Waals surface area contributed by atoms with Crippen LogP contribution in [0.4, 0.5) is 5.69 Å². The fourth-order valence-electron chi connectivity index (χ4n) is 1.68. The van der Waals surface area contributed by atoms with Gasteiger partial charge in [-0.25, -0.2) is 8.42 Å². The lowest BCUT2D eigenvalue weighted by molar-refractivity contribution is 0.602. The van der Waals surface area contributed by atoms with Crippen molar-refractivity contribution < 1.29 is 8.42 Å². The number of para-hydroxylation sites is 1. The van der Waals surface area contributed by atoms with Crippen LogP contribution in [-0.4, -0.2) is 24.5 Å². The van der Waals surface area contributed by atoms with E-state index in [1.165, 1.54) is 6.26 Å². The summed E-state index contributed by atoms with van der Waals surface area (Å²) in [6.45, 7) is 0.493. The number of anilines is 1. The van der Waals surface area contributed by atoms with E-state index in [0.717, 1.165) is 5.69 Å². The second-order valence-electron chi connectivity index (χ2n) is 4.10. The molecule has 1 heterocycles. The maximum Gasteiger partial charge on any atom is 0.177 e. The lowest BCUT2D eigenvalue weighted by Gasteiger charge is -2.09. The molecule has 0 aliphatic heterocycles. The van der Waals surface area contributed by atoms with Crippen molar-refractivity contribution in [1.82, 2.24) is 9.78 Å². The number of hydrogen-bond acceptors (Lipinski definition) is 4. The third-order valence-electron chi connectivity index (χ3n) is 2.52. The molecule has 2 rings (SSSR count). The first kappa shape index (κ1) is 12.6. The number of rotatable bonds is 4. The van der Waals surface area contributed by atoms with Gasteiger partial charge in [0, 0.05) is 19.5 Å². The van der Waals surface area contributed by atoms with Crippen LogP contribution in [0.15, 0.2) is 41.4 Å². The zero-order chi connectivity index (χ0) is 13.2. The van der Waals surface area contributed by atoms with Gasteiger partial charge in [-0.1, -0.05) is 12.1 Å². The molecule has 0 atom stereocenters. The van der Waals surface area contributed by atoms with E-state index in [1.54, 1.807) is 28.9 Å². The van der Waals surface area contributed by atoms with Gasteiger partial charge >= 0.3 is 0 Å². The van der Waals surface area contributed by atoms with Crippen molar-refractivity contribution in [2.45, 2.75) is 11.4 Å². The topological polar surface area (TPSA) is 64.0 Å². The van der Waals surface area contributed by atoms with E-state index >= 15 is 0 Å². The third kappa shape index (κ3) is 2.89. The lowest BCUT2D eigenvalue weighted by Crippen LogP contribution is -2.06. The number of nitrogens with zero attached hydrogens (tertiary/aromatic N) is 2. The monoisotopic (exact) mass is 265 g/mol. The van der Waals surface area contributed by atoms with Crippen LogP contribution in [0.5, 0.6) is 0 Å². The Balaban J connectivity index is 2.20. The predicted molar refractivity (Wildman–Crippen MR) is 70.1 cm³/mol. The standard InChI is InChI=1S/C12H15N3O2S/c1-15-8-7-10(14-15)9-13-11-5-3-4-6-12(11)18(2,16)17/h3-8,13H,9H2,1-2H3. The number of benzene rings is 1. The summed E-state index contributed by atoms with van der Waals surface area (Å²) in [6.07, 6.45) is 3.05. The van der Waals surface area contributed by atoms with Crippen molar-refractivity contribution in [3.8, 4) is 0 Å². The van der Waals surface area contributed by atoms with Crippen molar-refractivity contribution in [3.63, 3.8) is 0 Å². The Morgan fingerprint density at radius 1 is 1.28 bits per heavy atom. The number of nitrogens with one attached hydrogen (secondary N) is 1. The molecule has 0 spiro atoms. The van der Waals surface area contributed by atoms with E-state index in [0.29, 0.717) is 17.1 Å². The highest BCUT2D eigenvalue weighted by molar-refractivity contribution is 7.90. The summed E-state index contributed by atoms with van der Waals surface area (Å²) in [5.74, 6) is 0. The van der Waals surface area contributed by atoms with Gasteiger partial charge in [0.2, 0.25) is 0 Å². The smallest absolute Gasteiger partial charge is 0.177 e. The summed E-state index contributed by atoms with van der Waals surface area (Å²) in [7, 11) is -1.38. The van der Waals surface area contributed by atoms with Crippen LogP contribution in [0.3, 0.4) is 0 Å². The molecule has 2 aromatic rings. The highest BCUT2D eigenvalue weighted by Crippen LogP contribution is 2.20. The predicted octanol–water partition coefficient (Wildman–Crippen LogP) is 1.44. The summed E-state index contributed by atoms with van der Waals surface area (Å²) < 4.78 is 24.9. The Hall–Kier alpha value is -1.82. The molecule has 6 heteroatoms. The van der Waals surface area contributed by atoms with E-state index in [4.69, 9.17) is 0 Å². The molecule has 0 fully saturated rings. The van der Waals surface area contributed by atoms with Gasteiger partial charge in [0.15, 0.2) is 9.84 Å². The normalized spacial score (nSPS) is 11.4. The quantitative estimate of drug-likeness (QED) is 0.908. The first-order valence-corrected chi connectivity index (χ1v) is 7.37. The van der Waals surface area contributed by atoms with Gasteiger partial charge in [-0.3, -0.25) is 4.68 Å². The summed E-state index contributed by atoms with van der Waals surface area (Å²) in [6, 6.07) is 8.74. The van der Waals surface area contributed by atoms with E-state index in [1.807, 2.05) is 19.3 Å². The van der Waals surface area contributed by atoms with E-state index in [9.17, 15) is 8.42 Å². The maximum absolute atomic E-state index is 11.6. The molecule has 0 amide bonds. The van der Waals surface area contributed by atoms with Gasteiger partial charge in [-0.15, -0.1) is 0 Å². The van der Waals surface area contributed by atoms with Gasteiger partial charge in [0.1, 0.15) is 0 Å². The Bertz CT molecular complexity index is 647. The molecule has 0 saturated carbocycles. The van der Waals surface area contributed by atoms with E-state index in [2.05, 4.69) is 10.4 Å². The molecule has 1 aromatic carbocycles. The van der Waals surface area contributed by atoms with Crippen LogP contribution in [0.2, 0.25) is 0 Å². The summed E-state index contributed by atoms with van der Waals surface area (Å²) >= 11 is 0. The Morgan fingerprint density at radius 2 is 2.00 bits per heavy atom. The second-order valence-corrected chi connectivity index (χ2v) is 6.09. The molecule has 0 aliphatic carbocycles. The van der Waals surface area contributed by atoms with Gasteiger partial charge in [0.05, 0.1) is 22.8 Å². The first-order valence-electron chi connectivity index (χ1n) is 5.48. The summed E-state index contributed by atoms with van der Waals surface area (Å²) in [5.41, 5.74) is 1.46. The SMILES string of the molecule is Cn1ccc(CNc2ccccc2S(C)(=O)=O)n1. The van der Waals surface area contributed by atoms with E-state index < -0.39 is 9.84 Å². The minimum absolute atomic E-state index is 0.306. The zero-order valence-electron chi connectivity index (χ0n) is 10.3.